The highest BCUT2D eigenvalue weighted by atomic mass is 16.6. The molecule has 1 aliphatic heterocycles. The van der Waals surface area contributed by atoms with Gasteiger partial charge in [-0.3, -0.25) is 4.90 Å². The second-order valence-electron chi connectivity index (χ2n) is 6.70. The number of cyclic esters (lactones) is 1. The lowest BCUT2D eigenvalue weighted by molar-refractivity contribution is -0.113. The third kappa shape index (κ3) is 3.10. The van der Waals surface area contributed by atoms with E-state index in [1.165, 1.54) is 4.90 Å². The fourth-order valence-corrected chi connectivity index (χ4v) is 3.58. The van der Waals surface area contributed by atoms with Gasteiger partial charge in [-0.1, -0.05) is 72.8 Å². The molecule has 0 spiro atoms. The number of nitrogens with zero attached hydrogens (tertiary/aromatic N) is 1. The minimum Gasteiger partial charge on any atom is -0.497 e. The average Bonchev–Trinajstić information content (AvgIpc) is 3.01. The Morgan fingerprint density at radius 2 is 1.68 bits per heavy atom. The number of hydrogen-bond donors (Lipinski definition) is 1. The fraction of sp³-hybridized carbons (Fsp3) is 0.174. The average molecular weight is 375 g/mol. The Morgan fingerprint density at radius 3 is 2.36 bits per heavy atom. The van der Waals surface area contributed by atoms with Crippen LogP contribution in [0.5, 0.6) is 5.75 Å². The van der Waals surface area contributed by atoms with E-state index in [1.54, 1.807) is 19.2 Å². The topological polar surface area (TPSA) is 59.0 Å². The summed E-state index contributed by atoms with van der Waals surface area (Å²) in [4.78, 5) is 14.2. The van der Waals surface area contributed by atoms with E-state index in [4.69, 9.17) is 9.47 Å². The molecule has 1 aliphatic rings. The van der Waals surface area contributed by atoms with E-state index < -0.39 is 17.9 Å². The van der Waals surface area contributed by atoms with Crippen LogP contribution in [0.25, 0.3) is 0 Å². The van der Waals surface area contributed by atoms with Crippen LogP contribution in [0.4, 0.5) is 4.79 Å². The number of hydrogen-bond acceptors (Lipinski definition) is 4. The molecule has 4 rings (SSSR count). The Morgan fingerprint density at radius 1 is 1.00 bits per heavy atom. The number of aliphatic hydroxyl groups is 1. The molecule has 28 heavy (non-hydrogen) atoms. The maximum absolute atomic E-state index is 12.8. The summed E-state index contributed by atoms with van der Waals surface area (Å²) in [7, 11) is 1.59. The summed E-state index contributed by atoms with van der Waals surface area (Å²) in [6.45, 7) is 0.185. The predicted octanol–water partition coefficient (Wildman–Crippen LogP) is 4.23. The lowest BCUT2D eigenvalue weighted by atomic mass is 9.91. The van der Waals surface area contributed by atoms with E-state index >= 15 is 0 Å². The SMILES string of the molecule is COc1cccc(CN2C(=O)O[C@H](c3ccccc3)[C@@]2(O)c2ccccc2)c1. The second kappa shape index (κ2) is 7.37. The third-order valence-corrected chi connectivity index (χ3v) is 4.99. The van der Waals surface area contributed by atoms with Crippen molar-refractivity contribution in [3.63, 3.8) is 0 Å². The van der Waals surface area contributed by atoms with Crippen molar-refractivity contribution in [1.29, 1.82) is 0 Å². The number of ether oxygens (including phenoxy) is 2. The zero-order valence-electron chi connectivity index (χ0n) is 15.5. The molecule has 1 amide bonds. The molecule has 5 heteroatoms. The molecular weight excluding hydrogens is 354 g/mol. The molecule has 1 fully saturated rings. The van der Waals surface area contributed by atoms with E-state index in [0.717, 1.165) is 11.1 Å². The molecule has 0 aliphatic carbocycles. The summed E-state index contributed by atoms with van der Waals surface area (Å²) < 4.78 is 10.9. The second-order valence-corrected chi connectivity index (χ2v) is 6.70. The molecule has 1 heterocycles. The van der Waals surface area contributed by atoms with Crippen LogP contribution >= 0.6 is 0 Å². The van der Waals surface area contributed by atoms with Crippen LogP contribution < -0.4 is 4.74 Å². The first-order valence-electron chi connectivity index (χ1n) is 9.07. The Kier molecular flexibility index (Phi) is 4.75. The van der Waals surface area contributed by atoms with Crippen molar-refractivity contribution in [2.75, 3.05) is 7.11 Å². The Balaban J connectivity index is 1.78. The zero-order chi connectivity index (χ0) is 19.6. The zero-order valence-corrected chi connectivity index (χ0v) is 15.5. The molecule has 5 nitrogen and oxygen atoms in total. The van der Waals surface area contributed by atoms with Crippen LogP contribution in [0.2, 0.25) is 0 Å². The van der Waals surface area contributed by atoms with Gasteiger partial charge in [0.05, 0.1) is 13.7 Å². The van der Waals surface area contributed by atoms with Crippen molar-refractivity contribution < 1.29 is 19.4 Å². The number of carbonyl (C=O) groups is 1. The van der Waals surface area contributed by atoms with Gasteiger partial charge in [-0.2, -0.15) is 0 Å². The molecule has 0 bridgehead atoms. The van der Waals surface area contributed by atoms with Gasteiger partial charge in [0.1, 0.15) is 5.75 Å². The first-order chi connectivity index (χ1) is 13.6. The van der Waals surface area contributed by atoms with Crippen molar-refractivity contribution in [1.82, 2.24) is 4.90 Å². The van der Waals surface area contributed by atoms with E-state index in [-0.39, 0.29) is 6.54 Å². The fourth-order valence-electron chi connectivity index (χ4n) is 3.58. The van der Waals surface area contributed by atoms with Gasteiger partial charge in [0.25, 0.3) is 0 Å². The maximum Gasteiger partial charge on any atom is 0.413 e. The van der Waals surface area contributed by atoms with Crippen LogP contribution in [0.3, 0.4) is 0 Å². The summed E-state index contributed by atoms with van der Waals surface area (Å²) in [5, 5.41) is 11.8. The van der Waals surface area contributed by atoms with E-state index in [9.17, 15) is 9.90 Å². The molecule has 142 valence electrons. The van der Waals surface area contributed by atoms with Crippen molar-refractivity contribution in [2.24, 2.45) is 0 Å². The van der Waals surface area contributed by atoms with Crippen molar-refractivity contribution in [3.05, 3.63) is 102 Å². The number of amides is 1. The molecule has 1 N–H and O–H groups in total. The minimum absolute atomic E-state index is 0.185. The summed E-state index contributed by atoms with van der Waals surface area (Å²) in [5.41, 5.74) is 0.523. The number of methoxy groups -OCH3 is 1. The van der Waals surface area contributed by atoms with Crippen molar-refractivity contribution in [3.8, 4) is 5.75 Å². The summed E-state index contributed by atoms with van der Waals surface area (Å²) in [5.74, 6) is 0.688. The molecule has 0 unspecified atom stereocenters. The highest BCUT2D eigenvalue weighted by Crippen LogP contribution is 2.47. The van der Waals surface area contributed by atoms with Gasteiger partial charge >= 0.3 is 6.09 Å². The highest BCUT2D eigenvalue weighted by Gasteiger charge is 2.55. The van der Waals surface area contributed by atoms with Crippen molar-refractivity contribution >= 4 is 6.09 Å². The van der Waals surface area contributed by atoms with E-state index in [1.807, 2.05) is 72.8 Å². The van der Waals surface area contributed by atoms with Crippen LogP contribution in [0.15, 0.2) is 84.9 Å². The molecule has 1 saturated heterocycles. The van der Waals surface area contributed by atoms with Crippen LogP contribution in [-0.4, -0.2) is 23.2 Å². The standard InChI is InChI=1S/C23H21NO4/c1-27-20-14-8-9-17(15-20)16-24-22(25)28-21(18-10-4-2-5-11-18)23(24,26)19-12-6-3-7-13-19/h2-15,21,26H,16H2,1H3/t21-,23+/m1/s1. The first-order valence-corrected chi connectivity index (χ1v) is 9.07. The van der Waals surface area contributed by atoms with E-state index in [0.29, 0.717) is 11.3 Å². The molecule has 3 aromatic carbocycles. The first kappa shape index (κ1) is 18.1. The largest absolute Gasteiger partial charge is 0.497 e. The molecule has 3 aromatic rings. The minimum atomic E-state index is -1.64. The Labute approximate surface area is 163 Å². The lowest BCUT2D eigenvalue weighted by Gasteiger charge is -2.34. The third-order valence-electron chi connectivity index (χ3n) is 4.99. The van der Waals surface area contributed by atoms with Gasteiger partial charge in [0, 0.05) is 5.56 Å². The summed E-state index contributed by atoms with van der Waals surface area (Å²) >= 11 is 0. The van der Waals surface area contributed by atoms with Gasteiger partial charge in [-0.05, 0) is 23.3 Å². The maximum atomic E-state index is 12.8. The van der Waals surface area contributed by atoms with Crippen LogP contribution in [0, 0.1) is 0 Å². The lowest BCUT2D eigenvalue weighted by Crippen LogP contribution is -2.45. The quantitative estimate of drug-likeness (QED) is 0.725. The summed E-state index contributed by atoms with van der Waals surface area (Å²) in [6, 6.07) is 25.9. The van der Waals surface area contributed by atoms with Crippen LogP contribution in [0.1, 0.15) is 22.8 Å². The smallest absolute Gasteiger partial charge is 0.413 e. The summed E-state index contributed by atoms with van der Waals surface area (Å²) in [6.07, 6.45) is -1.41. The predicted molar refractivity (Wildman–Crippen MR) is 105 cm³/mol. The molecule has 0 radical (unpaired) electrons. The molecule has 2 atom stereocenters. The normalized spacial score (nSPS) is 21.4. The monoisotopic (exact) mass is 375 g/mol. The Hall–Kier alpha value is -3.31. The molecule has 0 aromatic heterocycles. The number of rotatable bonds is 5. The number of benzene rings is 3. The van der Waals surface area contributed by atoms with Gasteiger partial charge in [-0.25, -0.2) is 4.79 Å². The number of carbonyl (C=O) groups excluding carboxylic acids is 1. The molecule has 0 saturated carbocycles. The van der Waals surface area contributed by atoms with E-state index in [2.05, 4.69) is 0 Å². The van der Waals surface area contributed by atoms with Crippen LogP contribution in [-0.2, 0) is 17.0 Å². The van der Waals surface area contributed by atoms with Gasteiger partial charge in [-0.15, -0.1) is 0 Å². The van der Waals surface area contributed by atoms with Gasteiger partial charge < -0.3 is 14.6 Å². The Bertz CT molecular complexity index is 961. The van der Waals surface area contributed by atoms with Gasteiger partial charge in [0.2, 0.25) is 5.72 Å². The highest BCUT2D eigenvalue weighted by molar-refractivity contribution is 5.72. The van der Waals surface area contributed by atoms with Crippen molar-refractivity contribution in [2.45, 2.75) is 18.4 Å². The van der Waals surface area contributed by atoms with Gasteiger partial charge in [0.15, 0.2) is 6.10 Å². The molecular formula is C23H21NO4.